The predicted molar refractivity (Wildman–Crippen MR) is 123 cm³/mol. The Morgan fingerprint density at radius 1 is 0.839 bits per heavy atom. The Hall–Kier alpha value is -3.64. The molecule has 2 amide bonds. The molecule has 0 radical (unpaired) electrons. The van der Waals surface area contributed by atoms with Crippen molar-refractivity contribution in [2.24, 2.45) is 5.73 Å². The van der Waals surface area contributed by atoms with Gasteiger partial charge in [0.25, 0.3) is 5.91 Å². The highest BCUT2D eigenvalue weighted by Crippen LogP contribution is 2.28. The van der Waals surface area contributed by atoms with Crippen LogP contribution in [0.25, 0.3) is 0 Å². The topological polar surface area (TPSA) is 75.9 Å². The van der Waals surface area contributed by atoms with Crippen molar-refractivity contribution in [2.45, 2.75) is 6.42 Å². The first-order valence-electron chi connectivity index (χ1n) is 10.2. The highest BCUT2D eigenvalue weighted by molar-refractivity contribution is 5.96. The van der Waals surface area contributed by atoms with Crippen molar-refractivity contribution < 1.29 is 14.3 Å². The van der Waals surface area contributed by atoms with Gasteiger partial charge in [-0.3, -0.25) is 9.59 Å². The van der Waals surface area contributed by atoms with Crippen LogP contribution in [0.1, 0.15) is 5.56 Å². The van der Waals surface area contributed by atoms with Crippen molar-refractivity contribution in [3.05, 3.63) is 90.5 Å². The van der Waals surface area contributed by atoms with E-state index in [4.69, 9.17) is 10.5 Å². The molecule has 160 valence electrons. The summed E-state index contributed by atoms with van der Waals surface area (Å²) in [5, 5.41) is 0. The third-order valence-electron chi connectivity index (χ3n) is 4.97. The average molecular weight is 418 g/mol. The lowest BCUT2D eigenvalue weighted by atomic mass is 10.1. The Labute approximate surface area is 182 Å². The van der Waals surface area contributed by atoms with Gasteiger partial charge in [-0.05, 0) is 36.2 Å². The molecule has 0 fully saturated rings. The molecule has 6 heteroatoms. The number of nitrogens with zero attached hydrogens (tertiary/aromatic N) is 2. The zero-order valence-corrected chi connectivity index (χ0v) is 17.6. The summed E-state index contributed by atoms with van der Waals surface area (Å²) in [4.78, 5) is 28.3. The van der Waals surface area contributed by atoms with Gasteiger partial charge in [0, 0.05) is 19.3 Å². The molecule has 3 aromatic rings. The van der Waals surface area contributed by atoms with Crippen molar-refractivity contribution in [2.75, 3.05) is 36.5 Å². The van der Waals surface area contributed by atoms with E-state index in [0.717, 1.165) is 11.3 Å². The minimum atomic E-state index is -0.209. The summed E-state index contributed by atoms with van der Waals surface area (Å²) in [7, 11) is 1.71. The predicted octanol–water partition coefficient (Wildman–Crippen LogP) is 3.26. The summed E-state index contributed by atoms with van der Waals surface area (Å²) in [5.41, 5.74) is 8.17. The van der Waals surface area contributed by atoms with Gasteiger partial charge in [-0.15, -0.1) is 0 Å². The van der Waals surface area contributed by atoms with Crippen LogP contribution in [0.3, 0.4) is 0 Å². The third kappa shape index (κ3) is 5.93. The number of carbonyl (C=O) groups excluding carboxylic acids is 2. The number of para-hydroxylation sites is 3. The average Bonchev–Trinajstić information content (AvgIpc) is 2.83. The number of rotatable bonds is 9. The number of amides is 2. The number of nitrogens with two attached hydrogens (primary N) is 1. The van der Waals surface area contributed by atoms with E-state index in [1.54, 1.807) is 29.0 Å². The van der Waals surface area contributed by atoms with Gasteiger partial charge in [0.15, 0.2) is 6.61 Å². The smallest absolute Gasteiger partial charge is 0.264 e. The fourth-order valence-corrected chi connectivity index (χ4v) is 3.21. The number of ether oxygens (including phenoxy) is 1. The number of hydrogen-bond donors (Lipinski definition) is 1. The highest BCUT2D eigenvalue weighted by atomic mass is 16.5. The van der Waals surface area contributed by atoms with Gasteiger partial charge < -0.3 is 20.3 Å². The normalized spacial score (nSPS) is 10.4. The van der Waals surface area contributed by atoms with Crippen LogP contribution in [0, 0.1) is 0 Å². The molecule has 0 aliphatic heterocycles. The summed E-state index contributed by atoms with van der Waals surface area (Å²) in [6.07, 6.45) is 0.677. The summed E-state index contributed by atoms with van der Waals surface area (Å²) >= 11 is 0. The maximum Gasteiger partial charge on any atom is 0.264 e. The molecule has 2 N–H and O–H groups in total. The lowest BCUT2D eigenvalue weighted by Gasteiger charge is -2.25. The molecule has 0 spiro atoms. The van der Waals surface area contributed by atoms with Gasteiger partial charge in [0.05, 0.1) is 12.2 Å². The fraction of sp³-hybridized carbons (Fsp3) is 0.200. The second-order valence-corrected chi connectivity index (χ2v) is 7.03. The van der Waals surface area contributed by atoms with E-state index in [1.807, 2.05) is 72.8 Å². The standard InChI is InChI=1S/C25H27N3O3/c1-27(21-12-6-3-7-13-21)25(30)19-31-23-15-9-8-14-22(23)28(24(29)18-26)17-16-20-10-4-2-5-11-20/h2-15H,16-19,26H2,1H3. The quantitative estimate of drug-likeness (QED) is 0.580. The zero-order chi connectivity index (χ0) is 22.1. The van der Waals surface area contributed by atoms with Crippen molar-refractivity contribution >= 4 is 23.2 Å². The fourth-order valence-electron chi connectivity index (χ4n) is 3.21. The summed E-state index contributed by atoms with van der Waals surface area (Å²) < 4.78 is 5.84. The molecule has 0 aliphatic rings. The van der Waals surface area contributed by atoms with Gasteiger partial charge >= 0.3 is 0 Å². The summed E-state index contributed by atoms with van der Waals surface area (Å²) in [6, 6.07) is 26.5. The second kappa shape index (κ2) is 10.9. The first-order chi connectivity index (χ1) is 15.1. The van der Waals surface area contributed by atoms with Crippen LogP contribution < -0.4 is 20.3 Å². The van der Waals surface area contributed by atoms with Gasteiger partial charge in [-0.1, -0.05) is 60.7 Å². The molecule has 0 heterocycles. The van der Waals surface area contributed by atoms with Crippen LogP contribution in [-0.4, -0.2) is 38.6 Å². The molecule has 0 saturated heterocycles. The Balaban J connectivity index is 1.73. The minimum absolute atomic E-state index is 0.112. The van der Waals surface area contributed by atoms with E-state index in [2.05, 4.69) is 0 Å². The first kappa shape index (κ1) is 22.1. The number of likely N-dealkylation sites (N-methyl/N-ethyl adjacent to an activating group) is 1. The molecule has 0 bridgehead atoms. The number of anilines is 2. The van der Waals surface area contributed by atoms with Crippen LogP contribution in [0.5, 0.6) is 5.75 Å². The molecule has 0 unspecified atom stereocenters. The largest absolute Gasteiger partial charge is 0.482 e. The SMILES string of the molecule is CN(C(=O)COc1ccccc1N(CCc1ccccc1)C(=O)CN)c1ccccc1. The molecular weight excluding hydrogens is 390 g/mol. The maximum absolute atomic E-state index is 12.6. The zero-order valence-electron chi connectivity index (χ0n) is 17.6. The van der Waals surface area contributed by atoms with E-state index in [9.17, 15) is 9.59 Å². The molecule has 0 aromatic heterocycles. The highest BCUT2D eigenvalue weighted by Gasteiger charge is 2.19. The van der Waals surface area contributed by atoms with Crippen LogP contribution in [0.4, 0.5) is 11.4 Å². The number of benzene rings is 3. The van der Waals surface area contributed by atoms with E-state index in [1.165, 1.54) is 0 Å². The molecule has 6 nitrogen and oxygen atoms in total. The van der Waals surface area contributed by atoms with Gasteiger partial charge in [-0.2, -0.15) is 0 Å². The first-order valence-corrected chi connectivity index (χ1v) is 10.2. The Bertz CT molecular complexity index is 993. The van der Waals surface area contributed by atoms with Crippen LogP contribution >= 0.6 is 0 Å². The monoisotopic (exact) mass is 417 g/mol. The van der Waals surface area contributed by atoms with E-state index in [0.29, 0.717) is 24.4 Å². The molecule has 3 rings (SSSR count). The van der Waals surface area contributed by atoms with E-state index < -0.39 is 0 Å². The van der Waals surface area contributed by atoms with Crippen molar-refractivity contribution in [1.82, 2.24) is 0 Å². The van der Waals surface area contributed by atoms with Gasteiger partial charge in [0.1, 0.15) is 5.75 Å². The van der Waals surface area contributed by atoms with Crippen molar-refractivity contribution in [3.8, 4) is 5.75 Å². The van der Waals surface area contributed by atoms with Gasteiger partial charge in [-0.25, -0.2) is 0 Å². The van der Waals surface area contributed by atoms with Crippen LogP contribution in [0.2, 0.25) is 0 Å². The molecule has 0 saturated carbocycles. The van der Waals surface area contributed by atoms with Gasteiger partial charge in [0.2, 0.25) is 5.91 Å². The number of hydrogen-bond acceptors (Lipinski definition) is 4. The maximum atomic E-state index is 12.6. The van der Waals surface area contributed by atoms with E-state index >= 15 is 0 Å². The molecule has 0 aliphatic carbocycles. The lowest BCUT2D eigenvalue weighted by molar-refractivity contribution is -0.120. The Morgan fingerprint density at radius 2 is 1.45 bits per heavy atom. The van der Waals surface area contributed by atoms with E-state index in [-0.39, 0.29) is 25.0 Å². The molecular formula is C25H27N3O3. The van der Waals surface area contributed by atoms with Crippen LogP contribution in [0.15, 0.2) is 84.9 Å². The lowest BCUT2D eigenvalue weighted by Crippen LogP contribution is -2.38. The van der Waals surface area contributed by atoms with Crippen molar-refractivity contribution in [3.63, 3.8) is 0 Å². The Morgan fingerprint density at radius 3 is 2.13 bits per heavy atom. The summed E-state index contributed by atoms with van der Waals surface area (Å²) in [5.74, 6) is 0.0638. The van der Waals surface area contributed by atoms with Crippen LogP contribution in [-0.2, 0) is 16.0 Å². The minimum Gasteiger partial charge on any atom is -0.482 e. The second-order valence-electron chi connectivity index (χ2n) is 7.03. The molecule has 31 heavy (non-hydrogen) atoms. The molecule has 3 aromatic carbocycles. The summed E-state index contributed by atoms with van der Waals surface area (Å²) in [6.45, 7) is 0.197. The van der Waals surface area contributed by atoms with Crippen molar-refractivity contribution in [1.29, 1.82) is 0 Å². The molecule has 0 atom stereocenters. The third-order valence-corrected chi connectivity index (χ3v) is 4.97. The Kier molecular flexibility index (Phi) is 7.79. The number of carbonyl (C=O) groups is 2.